The second-order valence-corrected chi connectivity index (χ2v) is 5.97. The minimum absolute atomic E-state index is 0.140. The van der Waals surface area contributed by atoms with Crippen LogP contribution in [0.4, 0.5) is 5.69 Å². The monoisotopic (exact) mass is 379 g/mol. The molecule has 0 fully saturated rings. The molecule has 1 aromatic heterocycles. The summed E-state index contributed by atoms with van der Waals surface area (Å²) in [4.78, 5) is 11.0. The molecule has 2 aromatic rings. The highest BCUT2D eigenvalue weighted by Crippen LogP contribution is 2.38. The summed E-state index contributed by atoms with van der Waals surface area (Å²) in [5.41, 5.74) is 0.362. The highest BCUT2D eigenvalue weighted by Gasteiger charge is 2.22. The van der Waals surface area contributed by atoms with Crippen molar-refractivity contribution in [3.8, 4) is 11.5 Å². The first-order valence-corrected chi connectivity index (χ1v) is 9.32. The van der Waals surface area contributed by atoms with E-state index in [0.29, 0.717) is 35.5 Å². The quantitative estimate of drug-likeness (QED) is 0.285. The Balaban J connectivity index is 2.46. The van der Waals surface area contributed by atoms with Crippen LogP contribution in [0.15, 0.2) is 22.4 Å². The largest absolute Gasteiger partial charge is 0.490 e. The van der Waals surface area contributed by atoms with E-state index in [1.54, 1.807) is 17.7 Å². The molecule has 0 saturated carbocycles. The molecule has 0 N–H and O–H groups in total. The Morgan fingerprint density at radius 3 is 2.73 bits per heavy atom. The number of ether oxygens (including phenoxy) is 2. The Hall–Kier alpha value is -2.62. The number of aromatic nitrogens is 3. The molecule has 0 aliphatic rings. The fourth-order valence-electron chi connectivity index (χ4n) is 2.15. The number of hydrogen-bond donors (Lipinski definition) is 0. The Kier molecular flexibility index (Phi) is 6.96. The van der Waals surface area contributed by atoms with Crippen LogP contribution in [0.2, 0.25) is 0 Å². The van der Waals surface area contributed by atoms with Gasteiger partial charge in [0.25, 0.3) is 0 Å². The van der Waals surface area contributed by atoms with E-state index in [-0.39, 0.29) is 11.4 Å². The number of benzene rings is 1. The molecule has 26 heavy (non-hydrogen) atoms. The topological polar surface area (TPSA) is 105 Å². The molecule has 10 heteroatoms. The Morgan fingerprint density at radius 1 is 1.35 bits per heavy atom. The van der Waals surface area contributed by atoms with Gasteiger partial charge < -0.3 is 9.47 Å². The molecule has 0 amide bonds. The van der Waals surface area contributed by atoms with E-state index in [2.05, 4.69) is 15.3 Å². The molecule has 0 unspecified atom stereocenters. The third-order valence-electron chi connectivity index (χ3n) is 3.28. The maximum atomic E-state index is 11.5. The number of nitrogens with zero attached hydrogens (tertiary/aromatic N) is 5. The molecular weight excluding hydrogens is 358 g/mol. The summed E-state index contributed by atoms with van der Waals surface area (Å²) >= 11 is 1.40. The zero-order valence-corrected chi connectivity index (χ0v) is 15.9. The van der Waals surface area contributed by atoms with Crippen LogP contribution < -0.4 is 9.47 Å². The highest BCUT2D eigenvalue weighted by atomic mass is 32.2. The van der Waals surface area contributed by atoms with Crippen molar-refractivity contribution in [3.05, 3.63) is 33.6 Å². The number of rotatable bonds is 9. The van der Waals surface area contributed by atoms with E-state index in [9.17, 15) is 10.1 Å². The average molecular weight is 379 g/mol. The van der Waals surface area contributed by atoms with Gasteiger partial charge in [0.2, 0.25) is 10.9 Å². The zero-order valence-electron chi connectivity index (χ0n) is 15.1. The standard InChI is InChI=1S/C16H21N5O4S/c1-5-7-25-15-13(21(22)23)8-12(9-14(15)24-6-2)10-17-20-11(3)18-19-16(20)26-4/h8-10H,5-7H2,1-4H3/b17-10-. The third-order valence-corrected chi connectivity index (χ3v) is 3.90. The van der Waals surface area contributed by atoms with Gasteiger partial charge in [0.1, 0.15) is 0 Å². The van der Waals surface area contributed by atoms with Crippen LogP contribution in [0.25, 0.3) is 0 Å². The number of nitro groups is 1. The Bertz CT molecular complexity index is 806. The molecule has 9 nitrogen and oxygen atoms in total. The van der Waals surface area contributed by atoms with Gasteiger partial charge in [-0.05, 0) is 32.6 Å². The first kappa shape index (κ1) is 19.7. The fraction of sp³-hybridized carbons (Fsp3) is 0.438. The smallest absolute Gasteiger partial charge is 0.315 e. The van der Waals surface area contributed by atoms with Gasteiger partial charge in [-0.25, -0.2) is 0 Å². The molecule has 1 aromatic carbocycles. The number of nitro benzene ring substituents is 1. The van der Waals surface area contributed by atoms with Gasteiger partial charge in [0, 0.05) is 11.6 Å². The summed E-state index contributed by atoms with van der Waals surface area (Å²) in [6, 6.07) is 3.08. The van der Waals surface area contributed by atoms with E-state index < -0.39 is 4.92 Å². The summed E-state index contributed by atoms with van der Waals surface area (Å²) in [6.07, 6.45) is 4.11. The van der Waals surface area contributed by atoms with Crippen LogP contribution in [0.3, 0.4) is 0 Å². The van der Waals surface area contributed by atoms with E-state index in [4.69, 9.17) is 9.47 Å². The number of aryl methyl sites for hydroxylation is 1. The summed E-state index contributed by atoms with van der Waals surface area (Å²) in [5.74, 6) is 1.08. The molecule has 0 bridgehead atoms. The van der Waals surface area contributed by atoms with Crippen molar-refractivity contribution < 1.29 is 14.4 Å². The zero-order chi connectivity index (χ0) is 19.1. The molecule has 2 rings (SSSR count). The van der Waals surface area contributed by atoms with Crippen molar-refractivity contribution in [3.63, 3.8) is 0 Å². The summed E-state index contributed by atoms with van der Waals surface area (Å²) in [6.45, 7) is 6.24. The second-order valence-electron chi connectivity index (χ2n) is 5.20. The third kappa shape index (κ3) is 4.51. The molecule has 0 radical (unpaired) electrons. The van der Waals surface area contributed by atoms with Crippen molar-refractivity contribution in [2.75, 3.05) is 19.5 Å². The van der Waals surface area contributed by atoms with E-state index >= 15 is 0 Å². The van der Waals surface area contributed by atoms with Crippen LogP contribution in [0.5, 0.6) is 11.5 Å². The summed E-state index contributed by atoms with van der Waals surface area (Å²) < 4.78 is 12.7. The molecule has 140 valence electrons. The maximum absolute atomic E-state index is 11.5. The predicted molar refractivity (Wildman–Crippen MR) is 99.6 cm³/mol. The molecule has 1 heterocycles. The lowest BCUT2D eigenvalue weighted by molar-refractivity contribution is -0.386. The van der Waals surface area contributed by atoms with Gasteiger partial charge in [-0.1, -0.05) is 18.7 Å². The summed E-state index contributed by atoms with van der Waals surface area (Å²) in [7, 11) is 0. The van der Waals surface area contributed by atoms with Crippen molar-refractivity contribution >= 4 is 23.7 Å². The van der Waals surface area contributed by atoms with Crippen LogP contribution >= 0.6 is 11.8 Å². The van der Waals surface area contributed by atoms with Gasteiger partial charge in [-0.15, -0.1) is 10.2 Å². The normalized spacial score (nSPS) is 11.1. The van der Waals surface area contributed by atoms with Crippen LogP contribution in [-0.4, -0.2) is 45.5 Å². The maximum Gasteiger partial charge on any atom is 0.315 e. The van der Waals surface area contributed by atoms with E-state index in [1.807, 2.05) is 20.1 Å². The molecular formula is C16H21N5O4S. The molecule has 0 spiro atoms. The minimum Gasteiger partial charge on any atom is -0.490 e. The van der Waals surface area contributed by atoms with Crippen LogP contribution in [0.1, 0.15) is 31.7 Å². The first-order valence-electron chi connectivity index (χ1n) is 8.10. The van der Waals surface area contributed by atoms with Crippen molar-refractivity contribution in [2.24, 2.45) is 5.10 Å². The van der Waals surface area contributed by atoms with Gasteiger partial charge in [0.05, 0.1) is 24.4 Å². The van der Waals surface area contributed by atoms with Crippen LogP contribution in [-0.2, 0) is 0 Å². The Labute approximate surface area is 155 Å². The molecule has 0 aliphatic carbocycles. The van der Waals surface area contributed by atoms with Crippen molar-refractivity contribution in [1.82, 2.24) is 14.9 Å². The lowest BCUT2D eigenvalue weighted by Gasteiger charge is -2.12. The van der Waals surface area contributed by atoms with Gasteiger partial charge >= 0.3 is 5.69 Å². The average Bonchev–Trinajstić information content (AvgIpc) is 2.98. The second kappa shape index (κ2) is 9.18. The van der Waals surface area contributed by atoms with Crippen molar-refractivity contribution in [1.29, 1.82) is 0 Å². The first-order chi connectivity index (χ1) is 12.5. The minimum atomic E-state index is -0.484. The number of thioether (sulfide) groups is 1. The molecule has 0 aliphatic heterocycles. The predicted octanol–water partition coefficient (Wildman–Crippen LogP) is 3.29. The van der Waals surface area contributed by atoms with Gasteiger partial charge in [-0.2, -0.15) is 9.78 Å². The van der Waals surface area contributed by atoms with Crippen molar-refractivity contribution in [2.45, 2.75) is 32.3 Å². The molecule has 0 saturated heterocycles. The highest BCUT2D eigenvalue weighted by molar-refractivity contribution is 7.98. The van der Waals surface area contributed by atoms with Gasteiger partial charge in [-0.3, -0.25) is 10.1 Å². The SMILES string of the molecule is CCCOc1c(OCC)cc(/C=N\n2c(C)nnc2SC)cc1[N+](=O)[O-]. The fourth-order valence-corrected chi connectivity index (χ4v) is 2.63. The van der Waals surface area contributed by atoms with E-state index in [1.165, 1.54) is 24.0 Å². The Morgan fingerprint density at radius 2 is 2.12 bits per heavy atom. The van der Waals surface area contributed by atoms with E-state index in [0.717, 1.165) is 6.42 Å². The lowest BCUT2D eigenvalue weighted by Crippen LogP contribution is -2.04. The number of hydrogen-bond acceptors (Lipinski definition) is 8. The lowest BCUT2D eigenvalue weighted by atomic mass is 10.2. The van der Waals surface area contributed by atoms with Gasteiger partial charge in [0.15, 0.2) is 11.6 Å². The van der Waals surface area contributed by atoms with Crippen LogP contribution in [0, 0.1) is 17.0 Å². The molecule has 0 atom stereocenters. The summed E-state index contributed by atoms with van der Waals surface area (Å²) in [5, 5.41) is 24.4.